The molecule has 29 heavy (non-hydrogen) atoms. The van der Waals surface area contributed by atoms with Crippen LogP contribution in [0.1, 0.15) is 58.0 Å². The Morgan fingerprint density at radius 1 is 0.966 bits per heavy atom. The number of piperidine rings is 1. The van der Waals surface area contributed by atoms with Crippen molar-refractivity contribution in [3.05, 3.63) is 52.6 Å². The van der Waals surface area contributed by atoms with E-state index in [1.807, 2.05) is 19.1 Å². The standard InChI is InChI=1S/C23H25NO5/c1-4-29-20-7-5-6-10-24(20)14-8-9-16-17(11-14)22(25)18-12-15(27-2)13-19(28-3)21(18)23(16)26/h8-9,11-13,20H,4-7,10H2,1-3H3. The summed E-state index contributed by atoms with van der Waals surface area (Å²) < 4.78 is 16.6. The lowest BCUT2D eigenvalue weighted by Crippen LogP contribution is -2.41. The highest BCUT2D eigenvalue weighted by Gasteiger charge is 2.34. The predicted molar refractivity (Wildman–Crippen MR) is 109 cm³/mol. The van der Waals surface area contributed by atoms with E-state index in [0.717, 1.165) is 31.5 Å². The maximum absolute atomic E-state index is 13.3. The Morgan fingerprint density at radius 2 is 1.79 bits per heavy atom. The number of benzene rings is 2. The van der Waals surface area contributed by atoms with Crippen LogP contribution in [0.2, 0.25) is 0 Å². The van der Waals surface area contributed by atoms with E-state index in [4.69, 9.17) is 14.2 Å². The Kier molecular flexibility index (Phi) is 5.28. The molecule has 0 aromatic heterocycles. The fourth-order valence-electron chi connectivity index (χ4n) is 4.22. The topological polar surface area (TPSA) is 65.1 Å². The number of rotatable bonds is 5. The molecule has 2 aromatic rings. The fourth-order valence-corrected chi connectivity index (χ4v) is 4.22. The number of methoxy groups -OCH3 is 2. The molecular formula is C23H25NO5. The molecule has 152 valence electrons. The number of hydrogen-bond acceptors (Lipinski definition) is 6. The summed E-state index contributed by atoms with van der Waals surface area (Å²) in [6, 6.07) is 8.71. The van der Waals surface area contributed by atoms with E-state index in [1.54, 1.807) is 18.2 Å². The van der Waals surface area contributed by atoms with Crippen molar-refractivity contribution in [3.8, 4) is 11.5 Å². The third-order valence-electron chi connectivity index (χ3n) is 5.63. The molecule has 1 atom stereocenters. The van der Waals surface area contributed by atoms with Crippen molar-refractivity contribution >= 4 is 17.3 Å². The first kappa shape index (κ1) is 19.5. The lowest BCUT2D eigenvalue weighted by Gasteiger charge is -2.37. The second-order valence-electron chi connectivity index (χ2n) is 7.24. The summed E-state index contributed by atoms with van der Waals surface area (Å²) in [7, 11) is 3.00. The molecule has 0 saturated carbocycles. The van der Waals surface area contributed by atoms with Crippen LogP contribution in [-0.2, 0) is 4.74 Å². The van der Waals surface area contributed by atoms with Crippen molar-refractivity contribution in [2.75, 3.05) is 32.3 Å². The van der Waals surface area contributed by atoms with Gasteiger partial charge in [0.15, 0.2) is 11.6 Å². The zero-order valence-electron chi connectivity index (χ0n) is 17.0. The number of ether oxygens (including phenoxy) is 3. The van der Waals surface area contributed by atoms with E-state index in [2.05, 4.69) is 4.90 Å². The van der Waals surface area contributed by atoms with Crippen LogP contribution in [0.4, 0.5) is 5.69 Å². The first-order valence-corrected chi connectivity index (χ1v) is 9.96. The minimum absolute atomic E-state index is 0.00586. The van der Waals surface area contributed by atoms with Crippen molar-refractivity contribution in [1.82, 2.24) is 0 Å². The van der Waals surface area contributed by atoms with Crippen LogP contribution < -0.4 is 14.4 Å². The Labute approximate surface area is 170 Å². The maximum atomic E-state index is 13.3. The molecule has 6 heteroatoms. The van der Waals surface area contributed by atoms with E-state index in [0.29, 0.717) is 40.4 Å². The lowest BCUT2D eigenvalue weighted by atomic mass is 9.83. The van der Waals surface area contributed by atoms with Gasteiger partial charge in [-0.1, -0.05) is 0 Å². The molecule has 1 heterocycles. The second kappa shape index (κ2) is 7.87. The van der Waals surface area contributed by atoms with Gasteiger partial charge in [-0.05, 0) is 50.5 Å². The van der Waals surface area contributed by atoms with E-state index in [-0.39, 0.29) is 17.8 Å². The molecule has 1 saturated heterocycles. The molecule has 1 unspecified atom stereocenters. The van der Waals surface area contributed by atoms with Crippen LogP contribution in [0.25, 0.3) is 0 Å². The molecule has 0 radical (unpaired) electrons. The molecule has 4 rings (SSSR count). The Morgan fingerprint density at radius 3 is 2.52 bits per heavy atom. The molecule has 0 N–H and O–H groups in total. The van der Waals surface area contributed by atoms with Gasteiger partial charge in [-0.15, -0.1) is 0 Å². The van der Waals surface area contributed by atoms with Crippen LogP contribution in [-0.4, -0.2) is 45.2 Å². The molecule has 2 aliphatic rings. The summed E-state index contributed by atoms with van der Waals surface area (Å²) in [4.78, 5) is 28.7. The zero-order chi connectivity index (χ0) is 20.5. The summed E-state index contributed by atoms with van der Waals surface area (Å²) in [5.41, 5.74) is 2.33. The first-order valence-electron chi connectivity index (χ1n) is 9.96. The van der Waals surface area contributed by atoms with Gasteiger partial charge in [0.25, 0.3) is 0 Å². The minimum atomic E-state index is -0.208. The number of fused-ring (bicyclic) bond motifs is 2. The van der Waals surface area contributed by atoms with Gasteiger partial charge in [0.1, 0.15) is 17.7 Å². The predicted octanol–water partition coefficient (Wildman–Crippen LogP) is 3.83. The fraction of sp³-hybridized carbons (Fsp3) is 0.391. The molecule has 0 spiro atoms. The smallest absolute Gasteiger partial charge is 0.198 e. The quantitative estimate of drug-likeness (QED) is 0.654. The number of carbonyl (C=O) groups is 2. The average Bonchev–Trinajstić information content (AvgIpc) is 2.76. The minimum Gasteiger partial charge on any atom is -0.497 e. The highest BCUT2D eigenvalue weighted by atomic mass is 16.5. The van der Waals surface area contributed by atoms with E-state index in [9.17, 15) is 9.59 Å². The van der Waals surface area contributed by atoms with E-state index >= 15 is 0 Å². The van der Waals surface area contributed by atoms with Crippen molar-refractivity contribution < 1.29 is 23.8 Å². The molecule has 1 aliphatic carbocycles. The first-order chi connectivity index (χ1) is 14.1. The summed E-state index contributed by atoms with van der Waals surface area (Å²) in [6.45, 7) is 3.49. The summed E-state index contributed by atoms with van der Waals surface area (Å²) in [6.07, 6.45) is 3.14. The number of ketones is 2. The normalized spacial score (nSPS) is 18.3. The third-order valence-corrected chi connectivity index (χ3v) is 5.63. The molecular weight excluding hydrogens is 370 g/mol. The largest absolute Gasteiger partial charge is 0.497 e. The zero-order valence-corrected chi connectivity index (χ0v) is 17.0. The van der Waals surface area contributed by atoms with Gasteiger partial charge in [-0.25, -0.2) is 0 Å². The Hall–Kier alpha value is -2.86. The maximum Gasteiger partial charge on any atom is 0.198 e. The average molecular weight is 395 g/mol. The van der Waals surface area contributed by atoms with Crippen molar-refractivity contribution in [1.29, 1.82) is 0 Å². The van der Waals surface area contributed by atoms with Crippen LogP contribution in [0.5, 0.6) is 11.5 Å². The lowest BCUT2D eigenvalue weighted by molar-refractivity contribution is 0.0433. The van der Waals surface area contributed by atoms with Crippen LogP contribution in [0.15, 0.2) is 30.3 Å². The van der Waals surface area contributed by atoms with E-state index < -0.39 is 0 Å². The third kappa shape index (κ3) is 3.27. The van der Waals surface area contributed by atoms with E-state index in [1.165, 1.54) is 14.2 Å². The molecule has 1 fully saturated rings. The van der Waals surface area contributed by atoms with Gasteiger partial charge in [0.05, 0.1) is 19.8 Å². The molecule has 0 bridgehead atoms. The van der Waals surface area contributed by atoms with Crippen molar-refractivity contribution in [3.63, 3.8) is 0 Å². The summed E-state index contributed by atoms with van der Waals surface area (Å²) in [5.74, 6) is 0.424. The van der Waals surface area contributed by atoms with Gasteiger partial charge in [0, 0.05) is 41.6 Å². The van der Waals surface area contributed by atoms with Crippen molar-refractivity contribution in [2.24, 2.45) is 0 Å². The van der Waals surface area contributed by atoms with Gasteiger partial charge in [-0.2, -0.15) is 0 Å². The number of hydrogen-bond donors (Lipinski definition) is 0. The van der Waals surface area contributed by atoms with Crippen LogP contribution in [0.3, 0.4) is 0 Å². The monoisotopic (exact) mass is 395 g/mol. The highest BCUT2D eigenvalue weighted by Crippen LogP contribution is 2.38. The van der Waals surface area contributed by atoms with Crippen LogP contribution >= 0.6 is 0 Å². The second-order valence-corrected chi connectivity index (χ2v) is 7.24. The Bertz CT molecular complexity index is 966. The van der Waals surface area contributed by atoms with Crippen LogP contribution in [0, 0.1) is 0 Å². The highest BCUT2D eigenvalue weighted by molar-refractivity contribution is 6.29. The SMILES string of the molecule is CCOC1CCCCN1c1ccc2c(c1)C(=O)c1cc(OC)cc(OC)c1C2=O. The van der Waals surface area contributed by atoms with Crippen molar-refractivity contribution in [2.45, 2.75) is 32.4 Å². The molecule has 0 amide bonds. The Balaban J connectivity index is 1.79. The van der Waals surface area contributed by atoms with Gasteiger partial charge in [0.2, 0.25) is 0 Å². The number of nitrogens with zero attached hydrogens (tertiary/aromatic N) is 1. The molecule has 1 aliphatic heterocycles. The van der Waals surface area contributed by atoms with Gasteiger partial charge >= 0.3 is 0 Å². The number of anilines is 1. The van der Waals surface area contributed by atoms with Gasteiger partial charge in [-0.3, -0.25) is 9.59 Å². The summed E-state index contributed by atoms with van der Waals surface area (Å²) >= 11 is 0. The molecule has 2 aromatic carbocycles. The van der Waals surface area contributed by atoms with Gasteiger partial charge < -0.3 is 19.1 Å². The molecule has 6 nitrogen and oxygen atoms in total. The number of carbonyl (C=O) groups excluding carboxylic acids is 2. The summed E-state index contributed by atoms with van der Waals surface area (Å²) in [5, 5.41) is 0.